The molecule has 4 rings (SSSR count). The van der Waals surface area contributed by atoms with E-state index < -0.39 is 23.4 Å². The molecule has 6 nitrogen and oxygen atoms in total. The van der Waals surface area contributed by atoms with Crippen molar-refractivity contribution in [2.45, 2.75) is 25.5 Å². The summed E-state index contributed by atoms with van der Waals surface area (Å²) in [5.74, 6) is -4.25. The van der Waals surface area contributed by atoms with Gasteiger partial charge < -0.3 is 10.1 Å². The van der Waals surface area contributed by atoms with E-state index in [0.717, 1.165) is 12.1 Å². The van der Waals surface area contributed by atoms with E-state index in [4.69, 9.17) is 4.74 Å². The molecule has 9 heteroatoms. The molecule has 0 radical (unpaired) electrons. The van der Waals surface area contributed by atoms with Crippen molar-refractivity contribution in [3.8, 4) is 11.1 Å². The van der Waals surface area contributed by atoms with E-state index in [1.165, 1.54) is 12.3 Å². The van der Waals surface area contributed by atoms with Crippen LogP contribution in [-0.4, -0.2) is 33.5 Å². The SMILES string of the molecule is CC(F)(F)c1cc(-c2cnc3cnn(CC4CNC(=O)O4)c3c2)ccc1F. The molecule has 1 fully saturated rings. The predicted octanol–water partition coefficient (Wildman–Crippen LogP) is 3.46. The van der Waals surface area contributed by atoms with Crippen molar-refractivity contribution in [3.05, 3.63) is 48.0 Å². The highest BCUT2D eigenvalue weighted by molar-refractivity contribution is 5.80. The highest BCUT2D eigenvalue weighted by Gasteiger charge is 2.28. The highest BCUT2D eigenvalue weighted by atomic mass is 19.3. The van der Waals surface area contributed by atoms with E-state index in [9.17, 15) is 18.0 Å². The zero-order chi connectivity index (χ0) is 19.2. The number of hydrogen-bond donors (Lipinski definition) is 1. The average Bonchev–Trinajstić information content (AvgIpc) is 3.20. The minimum Gasteiger partial charge on any atom is -0.442 e. The number of carbonyl (C=O) groups is 1. The smallest absolute Gasteiger partial charge is 0.407 e. The number of aromatic nitrogens is 3. The number of alkyl carbamates (subject to hydrolysis) is 1. The van der Waals surface area contributed by atoms with Gasteiger partial charge >= 0.3 is 6.09 Å². The average molecular weight is 376 g/mol. The second-order valence-electron chi connectivity index (χ2n) is 6.45. The lowest BCUT2D eigenvalue weighted by Crippen LogP contribution is -2.21. The van der Waals surface area contributed by atoms with Gasteiger partial charge in [0.1, 0.15) is 17.4 Å². The van der Waals surface area contributed by atoms with E-state index in [-0.39, 0.29) is 6.10 Å². The fourth-order valence-corrected chi connectivity index (χ4v) is 3.03. The number of fused-ring (bicyclic) bond motifs is 1. The van der Waals surface area contributed by atoms with Crippen LogP contribution >= 0.6 is 0 Å². The van der Waals surface area contributed by atoms with Crippen LogP contribution in [0.3, 0.4) is 0 Å². The van der Waals surface area contributed by atoms with E-state index in [2.05, 4.69) is 15.4 Å². The van der Waals surface area contributed by atoms with Gasteiger partial charge in [-0.25, -0.2) is 18.0 Å². The molecule has 27 heavy (non-hydrogen) atoms. The number of nitrogens with zero attached hydrogens (tertiary/aromatic N) is 3. The largest absolute Gasteiger partial charge is 0.442 e. The number of nitrogens with one attached hydrogen (secondary N) is 1. The minimum absolute atomic E-state index is 0.328. The number of rotatable bonds is 4. The highest BCUT2D eigenvalue weighted by Crippen LogP contribution is 2.33. The van der Waals surface area contributed by atoms with Gasteiger partial charge in [-0.15, -0.1) is 0 Å². The molecule has 1 atom stereocenters. The van der Waals surface area contributed by atoms with Crippen LogP contribution in [0.1, 0.15) is 12.5 Å². The maximum Gasteiger partial charge on any atom is 0.407 e. The topological polar surface area (TPSA) is 69.0 Å². The molecule has 1 unspecified atom stereocenters. The summed E-state index contributed by atoms with van der Waals surface area (Å²) in [4.78, 5) is 15.5. The first kappa shape index (κ1) is 17.3. The Bertz CT molecular complexity index is 1030. The van der Waals surface area contributed by atoms with Crippen molar-refractivity contribution in [3.63, 3.8) is 0 Å². The second kappa shape index (κ2) is 6.26. The number of ether oxygens (including phenoxy) is 1. The van der Waals surface area contributed by atoms with Crippen LogP contribution in [0.25, 0.3) is 22.2 Å². The number of alkyl halides is 2. The summed E-state index contributed by atoms with van der Waals surface area (Å²) in [6.07, 6.45) is 2.26. The summed E-state index contributed by atoms with van der Waals surface area (Å²) >= 11 is 0. The van der Waals surface area contributed by atoms with Gasteiger partial charge in [0.2, 0.25) is 0 Å². The number of benzene rings is 1. The van der Waals surface area contributed by atoms with E-state index in [0.29, 0.717) is 42.2 Å². The van der Waals surface area contributed by atoms with Crippen LogP contribution in [-0.2, 0) is 17.2 Å². The standard InChI is InChI=1S/C18H15F3N4O2/c1-18(20,21)13-4-10(2-3-14(13)19)11-5-16-15(22-6-11)8-24-25(16)9-12-7-23-17(26)27-12/h2-6,8,12H,7,9H2,1H3,(H,23,26). The number of cyclic esters (lactones) is 1. The summed E-state index contributed by atoms with van der Waals surface area (Å²) in [5, 5.41) is 6.81. The van der Waals surface area contributed by atoms with Crippen molar-refractivity contribution in [2.75, 3.05) is 6.54 Å². The first-order valence-corrected chi connectivity index (χ1v) is 8.25. The molecule has 3 aromatic rings. The fraction of sp³-hybridized carbons (Fsp3) is 0.278. The number of hydrogen-bond acceptors (Lipinski definition) is 4. The molecule has 1 saturated heterocycles. The maximum atomic E-state index is 13.8. The Morgan fingerprint density at radius 3 is 2.81 bits per heavy atom. The van der Waals surface area contributed by atoms with Gasteiger partial charge in [-0.2, -0.15) is 5.10 Å². The van der Waals surface area contributed by atoms with Crippen LogP contribution < -0.4 is 5.32 Å². The maximum absolute atomic E-state index is 13.8. The molecular formula is C18H15F3N4O2. The molecule has 0 saturated carbocycles. The van der Waals surface area contributed by atoms with E-state index in [1.54, 1.807) is 16.9 Å². The van der Waals surface area contributed by atoms with Crippen LogP contribution in [0, 0.1) is 5.82 Å². The molecular weight excluding hydrogens is 361 g/mol. The van der Waals surface area contributed by atoms with E-state index in [1.807, 2.05) is 0 Å². The molecule has 1 amide bonds. The van der Waals surface area contributed by atoms with Gasteiger partial charge in [-0.05, 0) is 23.8 Å². The lowest BCUT2D eigenvalue weighted by Gasteiger charge is -2.13. The van der Waals surface area contributed by atoms with Crippen molar-refractivity contribution < 1.29 is 22.7 Å². The Balaban J connectivity index is 1.71. The Morgan fingerprint density at radius 1 is 1.30 bits per heavy atom. The van der Waals surface area contributed by atoms with Gasteiger partial charge in [-0.1, -0.05) is 6.07 Å². The zero-order valence-electron chi connectivity index (χ0n) is 14.2. The lowest BCUT2D eigenvalue weighted by molar-refractivity contribution is 0.0138. The normalized spacial score (nSPS) is 17.2. The molecule has 140 valence electrons. The predicted molar refractivity (Wildman–Crippen MR) is 90.8 cm³/mol. The molecule has 1 aromatic carbocycles. The second-order valence-corrected chi connectivity index (χ2v) is 6.45. The molecule has 1 N–H and O–H groups in total. The van der Waals surface area contributed by atoms with Gasteiger partial charge in [0, 0.05) is 18.7 Å². The first-order chi connectivity index (χ1) is 12.8. The van der Waals surface area contributed by atoms with Crippen molar-refractivity contribution in [1.29, 1.82) is 0 Å². The monoisotopic (exact) mass is 376 g/mol. The fourth-order valence-electron chi connectivity index (χ4n) is 3.03. The third-order valence-electron chi connectivity index (χ3n) is 4.39. The quantitative estimate of drug-likeness (QED) is 0.757. The molecule has 0 aliphatic carbocycles. The minimum atomic E-state index is -3.29. The Labute approximate surface area is 152 Å². The first-order valence-electron chi connectivity index (χ1n) is 8.25. The summed E-state index contributed by atoms with van der Waals surface area (Å²) in [6, 6.07) is 5.32. The summed E-state index contributed by atoms with van der Waals surface area (Å²) < 4.78 is 47.7. The Morgan fingerprint density at radius 2 is 2.11 bits per heavy atom. The summed E-state index contributed by atoms with van der Waals surface area (Å²) in [5.41, 5.74) is 1.57. The molecule has 1 aliphatic heterocycles. The Kier molecular flexibility index (Phi) is 4.01. The van der Waals surface area contributed by atoms with Crippen molar-refractivity contribution in [1.82, 2.24) is 20.1 Å². The summed E-state index contributed by atoms with van der Waals surface area (Å²) in [7, 11) is 0. The van der Waals surface area contributed by atoms with Crippen LogP contribution in [0.4, 0.5) is 18.0 Å². The third-order valence-corrected chi connectivity index (χ3v) is 4.39. The van der Waals surface area contributed by atoms with Gasteiger partial charge in [-0.3, -0.25) is 9.67 Å². The Hall–Kier alpha value is -3.10. The van der Waals surface area contributed by atoms with Gasteiger partial charge in [0.05, 0.1) is 30.4 Å². The molecule has 1 aliphatic rings. The molecule has 3 heterocycles. The van der Waals surface area contributed by atoms with Crippen LogP contribution in [0.15, 0.2) is 36.7 Å². The van der Waals surface area contributed by atoms with Gasteiger partial charge in [0.15, 0.2) is 0 Å². The molecule has 0 bridgehead atoms. The van der Waals surface area contributed by atoms with Crippen LogP contribution in [0.2, 0.25) is 0 Å². The van der Waals surface area contributed by atoms with Crippen LogP contribution in [0.5, 0.6) is 0 Å². The zero-order valence-corrected chi connectivity index (χ0v) is 14.2. The molecule has 0 spiro atoms. The number of amides is 1. The summed E-state index contributed by atoms with van der Waals surface area (Å²) in [6.45, 7) is 1.36. The number of carbonyl (C=O) groups excluding carboxylic acids is 1. The molecule has 2 aromatic heterocycles. The van der Waals surface area contributed by atoms with E-state index >= 15 is 0 Å². The van der Waals surface area contributed by atoms with Gasteiger partial charge in [0.25, 0.3) is 5.92 Å². The number of pyridine rings is 1. The third kappa shape index (κ3) is 3.32. The number of halogens is 3. The van der Waals surface area contributed by atoms with Crippen molar-refractivity contribution in [2.24, 2.45) is 0 Å². The van der Waals surface area contributed by atoms with Crippen molar-refractivity contribution >= 4 is 17.1 Å². The lowest BCUT2D eigenvalue weighted by atomic mass is 10.0.